The van der Waals surface area contributed by atoms with Crippen LogP contribution >= 0.6 is 0 Å². The van der Waals surface area contributed by atoms with E-state index in [4.69, 9.17) is 10.5 Å². The molecule has 1 aromatic rings. The van der Waals surface area contributed by atoms with Gasteiger partial charge in [-0.05, 0) is 25.0 Å². The number of rotatable bonds is 0. The highest BCUT2D eigenvalue weighted by molar-refractivity contribution is 5.35. The molecule has 1 heterocycles. The molecule has 0 saturated heterocycles. The van der Waals surface area contributed by atoms with Crippen molar-refractivity contribution in [2.45, 2.75) is 32.6 Å². The Hall–Kier alpha value is -0.860. The summed E-state index contributed by atoms with van der Waals surface area (Å²) in [5.74, 6) is 0. The van der Waals surface area contributed by atoms with Crippen molar-refractivity contribution >= 4 is 0 Å². The van der Waals surface area contributed by atoms with Crippen molar-refractivity contribution in [3.8, 4) is 0 Å². The first-order chi connectivity index (χ1) is 6.18. The van der Waals surface area contributed by atoms with Gasteiger partial charge < -0.3 is 10.5 Å². The minimum Gasteiger partial charge on any atom is -0.372 e. The molecule has 70 valence electrons. The average Bonchev–Trinajstić information content (AvgIpc) is 2.12. The van der Waals surface area contributed by atoms with Gasteiger partial charge in [0.15, 0.2) is 0 Å². The van der Waals surface area contributed by atoms with Crippen LogP contribution in [0.4, 0.5) is 0 Å². The summed E-state index contributed by atoms with van der Waals surface area (Å²) in [7, 11) is 0. The Labute approximate surface area is 78.7 Å². The SMILES string of the molecule is Cc1ccc2c(c1)COC(C)C2N. The second kappa shape index (κ2) is 3.13. The van der Waals surface area contributed by atoms with E-state index in [1.165, 1.54) is 16.7 Å². The standard InChI is InChI=1S/C11H15NO/c1-7-3-4-10-9(5-7)6-13-8(2)11(10)12/h3-5,8,11H,6,12H2,1-2H3. The molecule has 1 aliphatic heterocycles. The van der Waals surface area contributed by atoms with Gasteiger partial charge in [-0.2, -0.15) is 0 Å². The molecule has 1 aliphatic rings. The molecule has 0 amide bonds. The van der Waals surface area contributed by atoms with Crippen molar-refractivity contribution in [1.29, 1.82) is 0 Å². The number of aryl methyl sites for hydroxylation is 1. The fourth-order valence-corrected chi connectivity index (χ4v) is 1.76. The maximum absolute atomic E-state index is 6.01. The molecule has 2 rings (SSSR count). The molecule has 0 radical (unpaired) electrons. The van der Waals surface area contributed by atoms with Gasteiger partial charge in [-0.3, -0.25) is 0 Å². The molecular formula is C11H15NO. The highest BCUT2D eigenvalue weighted by Crippen LogP contribution is 2.27. The zero-order valence-corrected chi connectivity index (χ0v) is 8.08. The molecule has 13 heavy (non-hydrogen) atoms. The molecule has 0 spiro atoms. The quantitative estimate of drug-likeness (QED) is 0.657. The molecule has 0 aliphatic carbocycles. The van der Waals surface area contributed by atoms with Crippen LogP contribution in [0.2, 0.25) is 0 Å². The average molecular weight is 177 g/mol. The smallest absolute Gasteiger partial charge is 0.0744 e. The molecule has 1 aromatic carbocycles. The third-order valence-corrected chi connectivity index (χ3v) is 2.67. The summed E-state index contributed by atoms with van der Waals surface area (Å²) in [4.78, 5) is 0. The summed E-state index contributed by atoms with van der Waals surface area (Å²) >= 11 is 0. The lowest BCUT2D eigenvalue weighted by molar-refractivity contribution is 0.0213. The van der Waals surface area contributed by atoms with Crippen molar-refractivity contribution in [3.63, 3.8) is 0 Å². The first-order valence-electron chi connectivity index (χ1n) is 4.65. The van der Waals surface area contributed by atoms with Crippen LogP contribution in [0.3, 0.4) is 0 Å². The Bertz CT molecular complexity index is 322. The van der Waals surface area contributed by atoms with Crippen molar-refractivity contribution in [1.82, 2.24) is 0 Å². The molecule has 2 heteroatoms. The first kappa shape index (κ1) is 8.73. The lowest BCUT2D eigenvalue weighted by atomic mass is 9.94. The van der Waals surface area contributed by atoms with E-state index in [1.54, 1.807) is 0 Å². The van der Waals surface area contributed by atoms with Gasteiger partial charge in [-0.1, -0.05) is 23.8 Å². The van der Waals surface area contributed by atoms with Crippen LogP contribution in [0.1, 0.15) is 29.7 Å². The molecule has 0 fully saturated rings. The molecular weight excluding hydrogens is 162 g/mol. The Morgan fingerprint density at radius 2 is 2.23 bits per heavy atom. The monoisotopic (exact) mass is 177 g/mol. The summed E-state index contributed by atoms with van der Waals surface area (Å²) in [6.45, 7) is 4.81. The van der Waals surface area contributed by atoms with E-state index in [0.29, 0.717) is 6.61 Å². The van der Waals surface area contributed by atoms with Gasteiger partial charge in [-0.25, -0.2) is 0 Å². The molecule has 0 aromatic heterocycles. The van der Waals surface area contributed by atoms with Crippen LogP contribution in [0.25, 0.3) is 0 Å². The topological polar surface area (TPSA) is 35.2 Å². The van der Waals surface area contributed by atoms with Crippen molar-refractivity contribution < 1.29 is 4.74 Å². The fraction of sp³-hybridized carbons (Fsp3) is 0.455. The first-order valence-corrected chi connectivity index (χ1v) is 4.65. The van der Waals surface area contributed by atoms with Gasteiger partial charge in [-0.15, -0.1) is 0 Å². The van der Waals surface area contributed by atoms with Gasteiger partial charge in [0.25, 0.3) is 0 Å². The Morgan fingerprint density at radius 3 is 3.00 bits per heavy atom. The fourth-order valence-electron chi connectivity index (χ4n) is 1.76. The number of hydrogen-bond donors (Lipinski definition) is 1. The lowest BCUT2D eigenvalue weighted by Gasteiger charge is -2.28. The zero-order chi connectivity index (χ0) is 9.42. The predicted molar refractivity (Wildman–Crippen MR) is 52.4 cm³/mol. The Morgan fingerprint density at radius 1 is 1.46 bits per heavy atom. The summed E-state index contributed by atoms with van der Waals surface area (Å²) < 4.78 is 5.55. The maximum atomic E-state index is 6.01. The van der Waals surface area contributed by atoms with E-state index in [-0.39, 0.29) is 12.1 Å². The summed E-state index contributed by atoms with van der Waals surface area (Å²) in [5.41, 5.74) is 9.76. The Balaban J connectivity index is 2.44. The lowest BCUT2D eigenvalue weighted by Crippen LogP contribution is -2.31. The highest BCUT2D eigenvalue weighted by Gasteiger charge is 2.23. The van der Waals surface area contributed by atoms with E-state index in [1.807, 2.05) is 6.92 Å². The van der Waals surface area contributed by atoms with Crippen molar-refractivity contribution in [2.24, 2.45) is 5.73 Å². The van der Waals surface area contributed by atoms with E-state index in [2.05, 4.69) is 25.1 Å². The summed E-state index contributed by atoms with van der Waals surface area (Å²) in [6, 6.07) is 6.41. The number of hydrogen-bond acceptors (Lipinski definition) is 2. The Kier molecular flexibility index (Phi) is 2.10. The minimum atomic E-state index is 0.0318. The van der Waals surface area contributed by atoms with Crippen LogP contribution in [0.15, 0.2) is 18.2 Å². The number of benzene rings is 1. The van der Waals surface area contributed by atoms with E-state index < -0.39 is 0 Å². The molecule has 2 nitrogen and oxygen atoms in total. The molecule has 2 unspecified atom stereocenters. The van der Waals surface area contributed by atoms with Crippen molar-refractivity contribution in [2.75, 3.05) is 0 Å². The molecule has 0 bridgehead atoms. The maximum Gasteiger partial charge on any atom is 0.0744 e. The minimum absolute atomic E-state index is 0.0318. The van der Waals surface area contributed by atoms with Crippen LogP contribution < -0.4 is 5.73 Å². The molecule has 2 atom stereocenters. The van der Waals surface area contributed by atoms with Gasteiger partial charge in [0.2, 0.25) is 0 Å². The van der Waals surface area contributed by atoms with Crippen LogP contribution in [-0.4, -0.2) is 6.10 Å². The largest absolute Gasteiger partial charge is 0.372 e. The number of fused-ring (bicyclic) bond motifs is 1. The third kappa shape index (κ3) is 1.47. The van der Waals surface area contributed by atoms with E-state index in [0.717, 1.165) is 0 Å². The van der Waals surface area contributed by atoms with Crippen LogP contribution in [-0.2, 0) is 11.3 Å². The van der Waals surface area contributed by atoms with Crippen LogP contribution in [0.5, 0.6) is 0 Å². The van der Waals surface area contributed by atoms with E-state index >= 15 is 0 Å². The summed E-state index contributed by atoms with van der Waals surface area (Å²) in [5, 5.41) is 0. The van der Waals surface area contributed by atoms with Gasteiger partial charge in [0.1, 0.15) is 0 Å². The number of ether oxygens (including phenoxy) is 1. The van der Waals surface area contributed by atoms with Crippen molar-refractivity contribution in [3.05, 3.63) is 34.9 Å². The summed E-state index contributed by atoms with van der Waals surface area (Å²) in [6.07, 6.45) is 0.134. The molecule has 0 saturated carbocycles. The second-order valence-corrected chi connectivity index (χ2v) is 3.74. The van der Waals surface area contributed by atoms with E-state index in [9.17, 15) is 0 Å². The number of nitrogens with two attached hydrogens (primary N) is 1. The third-order valence-electron chi connectivity index (χ3n) is 2.67. The normalized spacial score (nSPS) is 27.0. The van der Waals surface area contributed by atoms with Gasteiger partial charge in [0, 0.05) is 0 Å². The highest BCUT2D eigenvalue weighted by atomic mass is 16.5. The van der Waals surface area contributed by atoms with Gasteiger partial charge >= 0.3 is 0 Å². The second-order valence-electron chi connectivity index (χ2n) is 3.74. The van der Waals surface area contributed by atoms with Gasteiger partial charge in [0.05, 0.1) is 18.8 Å². The molecule has 2 N–H and O–H groups in total. The van der Waals surface area contributed by atoms with Crippen LogP contribution in [0, 0.1) is 6.92 Å². The predicted octanol–water partition coefficient (Wildman–Crippen LogP) is 1.91. The zero-order valence-electron chi connectivity index (χ0n) is 8.08.